The number of likely N-dealkylation sites (tertiary alicyclic amines) is 1. The Bertz CT molecular complexity index is 933. The van der Waals surface area contributed by atoms with Crippen LogP contribution in [0.2, 0.25) is 0 Å². The number of thiophene rings is 1. The molecule has 6 nitrogen and oxygen atoms in total. The van der Waals surface area contributed by atoms with Gasteiger partial charge in [0.15, 0.2) is 0 Å². The number of piperidine rings is 1. The molecule has 4 heterocycles. The zero-order valence-corrected chi connectivity index (χ0v) is 16.1. The number of aryl methyl sites for hydroxylation is 1. The Labute approximate surface area is 161 Å². The molecule has 1 aliphatic rings. The highest BCUT2D eigenvalue weighted by Gasteiger charge is 2.29. The molecule has 0 aromatic carbocycles. The van der Waals surface area contributed by atoms with Gasteiger partial charge in [0.2, 0.25) is 5.91 Å². The van der Waals surface area contributed by atoms with Crippen molar-refractivity contribution >= 4 is 33.4 Å². The monoisotopic (exact) mass is 385 g/mol. The zero-order valence-electron chi connectivity index (χ0n) is 15.3. The predicted octanol–water partition coefficient (Wildman–Crippen LogP) is 3.48. The molecular weight excluding hydrogens is 362 g/mol. The van der Waals surface area contributed by atoms with Crippen LogP contribution in [0.4, 0.5) is 0 Å². The third-order valence-electron chi connectivity index (χ3n) is 5.23. The smallest absolute Gasteiger partial charge is 0.270 e. The van der Waals surface area contributed by atoms with Crippen LogP contribution in [0.1, 0.15) is 36.0 Å². The standard InChI is InChI=1S/C20H23N3O3S/c1-2-23-16-7-11-27-18(16)12-17(23)20(25)22-8-5-14(6-9-22)19(24)21-13-15-4-3-10-26-15/h3-4,7,10-12,14H,2,5-6,8-9,13H2,1H3,(H,21,24). The fraction of sp³-hybridized carbons (Fsp3) is 0.400. The molecule has 0 unspecified atom stereocenters. The Hall–Kier alpha value is -2.54. The van der Waals surface area contributed by atoms with Gasteiger partial charge in [-0.1, -0.05) is 0 Å². The Morgan fingerprint density at radius 3 is 2.81 bits per heavy atom. The number of rotatable bonds is 5. The van der Waals surface area contributed by atoms with Crippen molar-refractivity contribution in [1.29, 1.82) is 0 Å². The van der Waals surface area contributed by atoms with Crippen molar-refractivity contribution in [1.82, 2.24) is 14.8 Å². The molecule has 142 valence electrons. The quantitative estimate of drug-likeness (QED) is 0.731. The summed E-state index contributed by atoms with van der Waals surface area (Å²) in [4.78, 5) is 27.2. The fourth-order valence-electron chi connectivity index (χ4n) is 3.73. The van der Waals surface area contributed by atoms with Crippen LogP contribution in [-0.4, -0.2) is 34.4 Å². The van der Waals surface area contributed by atoms with Crippen molar-refractivity contribution in [3.05, 3.63) is 47.4 Å². The minimum atomic E-state index is -0.0505. The van der Waals surface area contributed by atoms with Gasteiger partial charge in [-0.05, 0) is 49.4 Å². The maximum atomic E-state index is 13.0. The van der Waals surface area contributed by atoms with Gasteiger partial charge in [0.1, 0.15) is 11.5 Å². The largest absolute Gasteiger partial charge is 0.467 e. The Balaban J connectivity index is 1.36. The normalized spacial score (nSPS) is 15.4. The van der Waals surface area contributed by atoms with Gasteiger partial charge in [-0.25, -0.2) is 0 Å². The van der Waals surface area contributed by atoms with E-state index in [2.05, 4.69) is 28.3 Å². The number of hydrogen-bond donors (Lipinski definition) is 1. The molecule has 1 aliphatic heterocycles. The van der Waals surface area contributed by atoms with Crippen LogP contribution in [0, 0.1) is 5.92 Å². The molecule has 27 heavy (non-hydrogen) atoms. The van der Waals surface area contributed by atoms with Gasteiger partial charge in [-0.3, -0.25) is 9.59 Å². The van der Waals surface area contributed by atoms with Gasteiger partial charge < -0.3 is 19.2 Å². The number of carbonyl (C=O) groups is 2. The topological polar surface area (TPSA) is 67.5 Å². The van der Waals surface area contributed by atoms with E-state index in [0.29, 0.717) is 32.5 Å². The van der Waals surface area contributed by atoms with Crippen LogP contribution in [0.25, 0.3) is 10.2 Å². The maximum Gasteiger partial charge on any atom is 0.270 e. The molecule has 0 bridgehead atoms. The van der Waals surface area contributed by atoms with Crippen molar-refractivity contribution < 1.29 is 14.0 Å². The Kier molecular flexibility index (Phi) is 5.03. The van der Waals surface area contributed by atoms with E-state index in [0.717, 1.165) is 28.2 Å². The molecule has 3 aromatic heterocycles. The third kappa shape index (κ3) is 3.51. The second-order valence-corrected chi connectivity index (χ2v) is 7.76. The van der Waals surface area contributed by atoms with E-state index in [4.69, 9.17) is 4.42 Å². The second kappa shape index (κ2) is 7.60. The summed E-state index contributed by atoms with van der Waals surface area (Å²) in [5.41, 5.74) is 1.87. The summed E-state index contributed by atoms with van der Waals surface area (Å²) in [5.74, 6) is 0.798. The van der Waals surface area contributed by atoms with Gasteiger partial charge in [-0.2, -0.15) is 0 Å². The first kappa shape index (κ1) is 17.9. The minimum Gasteiger partial charge on any atom is -0.467 e. The Morgan fingerprint density at radius 2 is 2.11 bits per heavy atom. The number of aromatic nitrogens is 1. The Morgan fingerprint density at radius 1 is 1.30 bits per heavy atom. The molecule has 2 amide bonds. The van der Waals surface area contributed by atoms with Gasteiger partial charge in [0.25, 0.3) is 5.91 Å². The van der Waals surface area contributed by atoms with Crippen LogP contribution in [0.3, 0.4) is 0 Å². The number of nitrogens with zero attached hydrogens (tertiary/aromatic N) is 2. The lowest BCUT2D eigenvalue weighted by Gasteiger charge is -2.31. The van der Waals surface area contributed by atoms with Crippen molar-refractivity contribution in [2.75, 3.05) is 13.1 Å². The van der Waals surface area contributed by atoms with Crippen LogP contribution in [0.5, 0.6) is 0 Å². The first-order valence-corrected chi connectivity index (χ1v) is 10.2. The number of carbonyl (C=O) groups excluding carboxylic acids is 2. The summed E-state index contributed by atoms with van der Waals surface area (Å²) in [7, 11) is 0. The molecule has 1 fully saturated rings. The van der Waals surface area contributed by atoms with E-state index >= 15 is 0 Å². The molecule has 3 aromatic rings. The average molecular weight is 385 g/mol. The number of amides is 2. The highest BCUT2D eigenvalue weighted by Crippen LogP contribution is 2.27. The van der Waals surface area contributed by atoms with Crippen LogP contribution < -0.4 is 5.32 Å². The van der Waals surface area contributed by atoms with Gasteiger partial charge in [-0.15, -0.1) is 11.3 Å². The van der Waals surface area contributed by atoms with Gasteiger partial charge in [0, 0.05) is 25.6 Å². The maximum absolute atomic E-state index is 13.0. The summed E-state index contributed by atoms with van der Waals surface area (Å²) >= 11 is 1.66. The predicted molar refractivity (Wildman–Crippen MR) is 105 cm³/mol. The summed E-state index contributed by atoms with van der Waals surface area (Å²) in [5, 5.41) is 4.98. The van der Waals surface area contributed by atoms with Crippen LogP contribution >= 0.6 is 11.3 Å². The number of furan rings is 1. The van der Waals surface area contributed by atoms with Gasteiger partial charge in [0.05, 0.1) is 23.0 Å². The lowest BCUT2D eigenvalue weighted by molar-refractivity contribution is -0.126. The summed E-state index contributed by atoms with van der Waals surface area (Å²) < 4.78 is 8.47. The molecule has 0 atom stereocenters. The van der Waals surface area contributed by atoms with Crippen molar-refractivity contribution in [3.8, 4) is 0 Å². The molecule has 7 heteroatoms. The molecule has 0 spiro atoms. The molecule has 0 radical (unpaired) electrons. The zero-order chi connectivity index (χ0) is 18.8. The lowest BCUT2D eigenvalue weighted by Crippen LogP contribution is -2.43. The number of fused-ring (bicyclic) bond motifs is 1. The minimum absolute atomic E-state index is 0.0379. The molecule has 0 aliphatic carbocycles. The van der Waals surface area contributed by atoms with Crippen molar-refractivity contribution in [2.45, 2.75) is 32.9 Å². The van der Waals surface area contributed by atoms with Crippen LogP contribution in [-0.2, 0) is 17.9 Å². The summed E-state index contributed by atoms with van der Waals surface area (Å²) in [6, 6.07) is 7.71. The summed E-state index contributed by atoms with van der Waals surface area (Å²) in [6.45, 7) is 4.46. The van der Waals surface area contributed by atoms with Crippen molar-refractivity contribution in [3.63, 3.8) is 0 Å². The van der Waals surface area contributed by atoms with Gasteiger partial charge >= 0.3 is 0 Å². The van der Waals surface area contributed by atoms with E-state index < -0.39 is 0 Å². The SMILES string of the molecule is CCn1c(C(=O)N2CCC(C(=O)NCc3ccco3)CC2)cc2sccc21. The lowest BCUT2D eigenvalue weighted by atomic mass is 9.95. The molecule has 1 N–H and O–H groups in total. The van der Waals surface area contributed by atoms with Crippen molar-refractivity contribution in [2.24, 2.45) is 5.92 Å². The van der Waals surface area contributed by atoms with E-state index in [1.807, 2.05) is 23.1 Å². The number of hydrogen-bond acceptors (Lipinski definition) is 4. The fourth-order valence-corrected chi connectivity index (χ4v) is 4.56. The van der Waals surface area contributed by atoms with Crippen LogP contribution in [0.15, 0.2) is 40.3 Å². The summed E-state index contributed by atoms with van der Waals surface area (Å²) in [6.07, 6.45) is 2.98. The molecular formula is C20H23N3O3S. The molecule has 4 rings (SSSR count). The average Bonchev–Trinajstić information content (AvgIpc) is 3.42. The highest BCUT2D eigenvalue weighted by atomic mass is 32.1. The molecule has 0 saturated carbocycles. The second-order valence-electron chi connectivity index (χ2n) is 6.81. The molecule has 1 saturated heterocycles. The number of nitrogens with one attached hydrogen (secondary N) is 1. The van der Waals surface area contributed by atoms with E-state index in [1.165, 1.54) is 0 Å². The van der Waals surface area contributed by atoms with E-state index in [1.54, 1.807) is 17.6 Å². The third-order valence-corrected chi connectivity index (χ3v) is 6.08. The first-order chi connectivity index (χ1) is 13.2. The van der Waals surface area contributed by atoms with E-state index in [-0.39, 0.29) is 17.7 Å². The van der Waals surface area contributed by atoms with E-state index in [9.17, 15) is 9.59 Å². The highest BCUT2D eigenvalue weighted by molar-refractivity contribution is 7.17. The first-order valence-electron chi connectivity index (χ1n) is 9.33.